The summed E-state index contributed by atoms with van der Waals surface area (Å²) in [6, 6.07) is 5.69. The molecule has 0 radical (unpaired) electrons. The van der Waals surface area contributed by atoms with Gasteiger partial charge in [-0.05, 0) is 39.1 Å². The highest BCUT2D eigenvalue weighted by Crippen LogP contribution is 2.36. The van der Waals surface area contributed by atoms with Crippen molar-refractivity contribution < 1.29 is 0 Å². The predicted molar refractivity (Wildman–Crippen MR) is 82.8 cm³/mol. The minimum Gasteiger partial charge on any atom is -0.366 e. The van der Waals surface area contributed by atoms with Crippen molar-refractivity contribution in [2.24, 2.45) is 0 Å². The van der Waals surface area contributed by atoms with Gasteiger partial charge in [0.1, 0.15) is 5.82 Å². The second kappa shape index (κ2) is 4.52. The molecule has 2 bridgehead atoms. The SMILES string of the molecule is CN(C)C1CCN(c2ccc3c(n2)NC2CCN3C2)C1. The molecule has 4 rings (SSSR count). The number of pyridine rings is 1. The lowest BCUT2D eigenvalue weighted by Crippen LogP contribution is -2.34. The van der Waals surface area contributed by atoms with Crippen LogP contribution in [0.2, 0.25) is 0 Å². The number of hydrogen-bond acceptors (Lipinski definition) is 5. The molecule has 0 spiro atoms. The molecule has 0 aromatic carbocycles. The van der Waals surface area contributed by atoms with E-state index in [-0.39, 0.29) is 0 Å². The minimum atomic E-state index is 0.596. The molecular formula is C15H23N5. The van der Waals surface area contributed by atoms with Gasteiger partial charge in [0, 0.05) is 38.3 Å². The Bertz CT molecular complexity index is 515. The van der Waals surface area contributed by atoms with Gasteiger partial charge in [-0.1, -0.05) is 0 Å². The smallest absolute Gasteiger partial charge is 0.152 e. The molecule has 5 heteroatoms. The Morgan fingerprint density at radius 3 is 2.80 bits per heavy atom. The van der Waals surface area contributed by atoms with E-state index in [0.29, 0.717) is 12.1 Å². The Morgan fingerprint density at radius 1 is 1.15 bits per heavy atom. The third-order valence-electron chi connectivity index (χ3n) is 4.95. The van der Waals surface area contributed by atoms with E-state index in [0.717, 1.165) is 37.8 Å². The van der Waals surface area contributed by atoms with Gasteiger partial charge in [-0.25, -0.2) is 4.98 Å². The first-order chi connectivity index (χ1) is 9.70. The Labute approximate surface area is 120 Å². The molecule has 0 saturated carbocycles. The summed E-state index contributed by atoms with van der Waals surface area (Å²) in [6.07, 6.45) is 2.46. The molecule has 2 fully saturated rings. The average Bonchev–Trinajstić information content (AvgIpc) is 3.06. The summed E-state index contributed by atoms with van der Waals surface area (Å²) in [5.74, 6) is 2.22. The van der Waals surface area contributed by atoms with Crippen molar-refractivity contribution in [1.29, 1.82) is 0 Å². The van der Waals surface area contributed by atoms with Gasteiger partial charge in [-0.3, -0.25) is 0 Å². The Hall–Kier alpha value is -1.49. The third-order valence-corrected chi connectivity index (χ3v) is 4.95. The molecular weight excluding hydrogens is 250 g/mol. The Kier molecular flexibility index (Phi) is 2.77. The van der Waals surface area contributed by atoms with Crippen molar-refractivity contribution >= 4 is 17.3 Å². The van der Waals surface area contributed by atoms with Crippen LogP contribution in [0.3, 0.4) is 0 Å². The Balaban J connectivity index is 1.58. The van der Waals surface area contributed by atoms with Crippen LogP contribution in [0.25, 0.3) is 0 Å². The fourth-order valence-electron chi connectivity index (χ4n) is 3.64. The normalized spacial score (nSPS) is 27.9. The van der Waals surface area contributed by atoms with E-state index in [1.54, 1.807) is 0 Å². The molecule has 108 valence electrons. The number of fused-ring (bicyclic) bond motifs is 4. The lowest BCUT2D eigenvalue weighted by Gasteiger charge is -2.29. The molecule has 4 heterocycles. The molecule has 1 aromatic rings. The molecule has 5 nitrogen and oxygen atoms in total. The van der Waals surface area contributed by atoms with Gasteiger partial charge in [-0.15, -0.1) is 0 Å². The molecule has 0 aliphatic carbocycles. The van der Waals surface area contributed by atoms with Crippen molar-refractivity contribution in [3.8, 4) is 0 Å². The van der Waals surface area contributed by atoms with Crippen LogP contribution in [0.1, 0.15) is 12.8 Å². The zero-order valence-electron chi connectivity index (χ0n) is 12.3. The number of nitrogens with zero attached hydrogens (tertiary/aromatic N) is 4. The van der Waals surface area contributed by atoms with Gasteiger partial charge in [-0.2, -0.15) is 0 Å². The molecule has 2 unspecified atom stereocenters. The predicted octanol–water partition coefficient (Wildman–Crippen LogP) is 1.23. The maximum atomic E-state index is 4.88. The second-order valence-electron chi connectivity index (χ2n) is 6.47. The second-order valence-corrected chi connectivity index (χ2v) is 6.47. The number of nitrogens with one attached hydrogen (secondary N) is 1. The molecule has 20 heavy (non-hydrogen) atoms. The summed E-state index contributed by atoms with van der Waals surface area (Å²) in [5.41, 5.74) is 1.28. The molecule has 1 aromatic heterocycles. The van der Waals surface area contributed by atoms with Gasteiger partial charge >= 0.3 is 0 Å². The van der Waals surface area contributed by atoms with Gasteiger partial charge in [0.05, 0.1) is 5.69 Å². The zero-order valence-corrected chi connectivity index (χ0v) is 12.3. The summed E-state index contributed by atoms with van der Waals surface area (Å²) in [5, 5.41) is 3.60. The Morgan fingerprint density at radius 2 is 2.00 bits per heavy atom. The molecule has 3 aliphatic rings. The first-order valence-corrected chi connectivity index (χ1v) is 7.64. The van der Waals surface area contributed by atoms with E-state index in [1.807, 2.05) is 0 Å². The summed E-state index contributed by atoms with van der Waals surface area (Å²) >= 11 is 0. The van der Waals surface area contributed by atoms with Gasteiger partial charge in [0.2, 0.25) is 0 Å². The van der Waals surface area contributed by atoms with Crippen LogP contribution >= 0.6 is 0 Å². The van der Waals surface area contributed by atoms with Crippen LogP contribution in [-0.2, 0) is 0 Å². The molecule has 2 atom stereocenters. The lowest BCUT2D eigenvalue weighted by molar-refractivity contribution is 0.315. The van der Waals surface area contributed by atoms with Crippen molar-refractivity contribution in [1.82, 2.24) is 9.88 Å². The summed E-state index contributed by atoms with van der Waals surface area (Å²) in [6.45, 7) is 4.51. The molecule has 0 amide bonds. The van der Waals surface area contributed by atoms with Crippen molar-refractivity contribution in [2.45, 2.75) is 24.9 Å². The van der Waals surface area contributed by atoms with Crippen LogP contribution in [0.15, 0.2) is 12.1 Å². The number of aromatic nitrogens is 1. The fourth-order valence-corrected chi connectivity index (χ4v) is 3.64. The van der Waals surface area contributed by atoms with E-state index >= 15 is 0 Å². The maximum Gasteiger partial charge on any atom is 0.152 e. The van der Waals surface area contributed by atoms with Crippen molar-refractivity contribution in [3.05, 3.63) is 12.1 Å². The molecule has 3 aliphatic heterocycles. The average molecular weight is 273 g/mol. The van der Waals surface area contributed by atoms with E-state index in [2.05, 4.69) is 46.2 Å². The summed E-state index contributed by atoms with van der Waals surface area (Å²) in [4.78, 5) is 12.1. The van der Waals surface area contributed by atoms with Crippen LogP contribution in [0.5, 0.6) is 0 Å². The number of hydrogen-bond donors (Lipinski definition) is 1. The van der Waals surface area contributed by atoms with E-state index < -0.39 is 0 Å². The quantitative estimate of drug-likeness (QED) is 0.876. The fraction of sp³-hybridized carbons (Fsp3) is 0.667. The van der Waals surface area contributed by atoms with E-state index in [1.165, 1.54) is 18.5 Å². The van der Waals surface area contributed by atoms with Crippen molar-refractivity contribution in [2.75, 3.05) is 55.4 Å². The first-order valence-electron chi connectivity index (χ1n) is 7.64. The zero-order chi connectivity index (χ0) is 13.7. The molecule has 2 saturated heterocycles. The number of rotatable bonds is 2. The van der Waals surface area contributed by atoms with Crippen LogP contribution in [0, 0.1) is 0 Å². The standard InChI is InChI=1S/C15H23N5/c1-18(2)12-6-8-20(10-12)14-4-3-13-15(17-14)16-11-5-7-19(13)9-11/h3-4,11-12H,5-10H2,1-2H3,(H,16,17). The van der Waals surface area contributed by atoms with Gasteiger partial charge < -0.3 is 20.0 Å². The summed E-state index contributed by atoms with van der Waals surface area (Å²) < 4.78 is 0. The van der Waals surface area contributed by atoms with E-state index in [9.17, 15) is 0 Å². The first kappa shape index (κ1) is 12.3. The highest BCUT2D eigenvalue weighted by Gasteiger charge is 2.32. The largest absolute Gasteiger partial charge is 0.366 e. The summed E-state index contributed by atoms with van der Waals surface area (Å²) in [7, 11) is 4.34. The van der Waals surface area contributed by atoms with Crippen molar-refractivity contribution in [3.63, 3.8) is 0 Å². The van der Waals surface area contributed by atoms with E-state index in [4.69, 9.17) is 4.98 Å². The van der Waals surface area contributed by atoms with Gasteiger partial charge in [0.15, 0.2) is 5.82 Å². The number of anilines is 3. The van der Waals surface area contributed by atoms with Crippen LogP contribution < -0.4 is 15.1 Å². The highest BCUT2D eigenvalue weighted by molar-refractivity contribution is 5.72. The topological polar surface area (TPSA) is 34.6 Å². The third kappa shape index (κ3) is 1.92. The van der Waals surface area contributed by atoms with Crippen LogP contribution in [0.4, 0.5) is 17.3 Å². The maximum absolute atomic E-state index is 4.88. The molecule has 1 N–H and O–H groups in total. The highest BCUT2D eigenvalue weighted by atomic mass is 15.3. The van der Waals surface area contributed by atoms with Gasteiger partial charge in [0.25, 0.3) is 0 Å². The minimum absolute atomic E-state index is 0.596. The monoisotopic (exact) mass is 273 g/mol. The number of likely N-dealkylation sites (N-methyl/N-ethyl adjacent to an activating group) is 1. The van der Waals surface area contributed by atoms with Crippen LogP contribution in [-0.4, -0.2) is 62.2 Å². The lowest BCUT2D eigenvalue weighted by atomic mass is 10.2.